The molecule has 3 aromatic rings. The van der Waals surface area contributed by atoms with Gasteiger partial charge in [0, 0.05) is 29.6 Å². The van der Waals surface area contributed by atoms with Crippen molar-refractivity contribution in [2.24, 2.45) is 5.73 Å². The number of rotatable bonds is 3. The minimum absolute atomic E-state index is 0.0410. The van der Waals surface area contributed by atoms with Crippen molar-refractivity contribution >= 4 is 16.5 Å². The summed E-state index contributed by atoms with van der Waals surface area (Å²) in [6.45, 7) is 4.08. The molecular formula is C21H23N3OS. The maximum Gasteiger partial charge on any atom is 0.185 e. The van der Waals surface area contributed by atoms with E-state index < -0.39 is 0 Å². The van der Waals surface area contributed by atoms with Crippen LogP contribution in [0.2, 0.25) is 0 Å². The monoisotopic (exact) mass is 365 g/mol. The lowest BCUT2D eigenvalue weighted by Crippen LogP contribution is -2.48. The molecule has 1 fully saturated rings. The number of aromatic nitrogens is 1. The molecule has 2 heterocycles. The number of anilines is 1. The van der Waals surface area contributed by atoms with Crippen LogP contribution in [0.5, 0.6) is 5.75 Å². The van der Waals surface area contributed by atoms with E-state index in [1.54, 1.807) is 23.5 Å². The molecule has 0 spiro atoms. The average Bonchev–Trinajstić information content (AvgIpc) is 3.13. The van der Waals surface area contributed by atoms with Crippen LogP contribution in [-0.2, 0) is 0 Å². The molecular weight excluding hydrogens is 342 g/mol. The van der Waals surface area contributed by atoms with Gasteiger partial charge in [0.05, 0.1) is 5.69 Å². The van der Waals surface area contributed by atoms with E-state index in [1.165, 1.54) is 0 Å². The van der Waals surface area contributed by atoms with Crippen molar-refractivity contribution in [3.63, 3.8) is 0 Å². The molecule has 0 aliphatic carbocycles. The normalized spacial score (nSPS) is 16.6. The maximum atomic E-state index is 9.42. The minimum atomic E-state index is -0.0410. The van der Waals surface area contributed by atoms with E-state index in [2.05, 4.69) is 41.5 Å². The van der Waals surface area contributed by atoms with Gasteiger partial charge in [0.25, 0.3) is 0 Å². The third-order valence-electron chi connectivity index (χ3n) is 5.05. The molecule has 26 heavy (non-hydrogen) atoms. The van der Waals surface area contributed by atoms with Gasteiger partial charge < -0.3 is 15.7 Å². The smallest absolute Gasteiger partial charge is 0.185 e. The first-order valence-electron chi connectivity index (χ1n) is 8.89. The zero-order chi connectivity index (χ0) is 18.1. The molecule has 5 heteroatoms. The van der Waals surface area contributed by atoms with Gasteiger partial charge in [-0.1, -0.05) is 36.4 Å². The van der Waals surface area contributed by atoms with Gasteiger partial charge in [0.2, 0.25) is 0 Å². The van der Waals surface area contributed by atoms with Crippen molar-refractivity contribution in [1.29, 1.82) is 0 Å². The molecule has 0 amide bonds. The summed E-state index contributed by atoms with van der Waals surface area (Å²) in [6.07, 6.45) is 2.01. The molecule has 4 nitrogen and oxygen atoms in total. The lowest BCUT2D eigenvalue weighted by molar-refractivity contribution is 0.364. The summed E-state index contributed by atoms with van der Waals surface area (Å²) >= 11 is 1.70. The number of phenolic OH excluding ortho intramolecular Hbond substituents is 1. The molecule has 0 saturated carbocycles. The van der Waals surface area contributed by atoms with Crippen molar-refractivity contribution in [3.05, 3.63) is 53.9 Å². The van der Waals surface area contributed by atoms with Crippen molar-refractivity contribution < 1.29 is 5.11 Å². The Morgan fingerprint density at radius 2 is 1.50 bits per heavy atom. The highest BCUT2D eigenvalue weighted by atomic mass is 32.1. The summed E-state index contributed by atoms with van der Waals surface area (Å²) < 4.78 is 0. The Morgan fingerprint density at radius 1 is 0.962 bits per heavy atom. The van der Waals surface area contributed by atoms with Crippen LogP contribution in [0.15, 0.2) is 53.9 Å². The molecule has 0 unspecified atom stereocenters. The fourth-order valence-corrected chi connectivity index (χ4v) is 4.13. The molecule has 2 aromatic carbocycles. The average molecular weight is 366 g/mol. The maximum absolute atomic E-state index is 9.42. The number of piperidine rings is 1. The highest BCUT2D eigenvalue weighted by Crippen LogP contribution is 2.32. The van der Waals surface area contributed by atoms with Crippen LogP contribution in [0.1, 0.15) is 19.8 Å². The molecule has 1 aromatic heterocycles. The van der Waals surface area contributed by atoms with Crippen LogP contribution in [0.4, 0.5) is 5.13 Å². The number of hydrogen-bond donors (Lipinski definition) is 2. The third-order valence-corrected chi connectivity index (χ3v) is 5.95. The Labute approximate surface area is 157 Å². The van der Waals surface area contributed by atoms with E-state index >= 15 is 0 Å². The van der Waals surface area contributed by atoms with E-state index in [9.17, 15) is 5.11 Å². The van der Waals surface area contributed by atoms with Gasteiger partial charge in [-0.3, -0.25) is 0 Å². The molecule has 4 rings (SSSR count). The summed E-state index contributed by atoms with van der Waals surface area (Å²) in [5, 5.41) is 12.6. The topological polar surface area (TPSA) is 62.4 Å². The van der Waals surface area contributed by atoms with Crippen molar-refractivity contribution in [2.75, 3.05) is 18.0 Å². The van der Waals surface area contributed by atoms with Crippen LogP contribution >= 0.6 is 11.3 Å². The highest BCUT2D eigenvalue weighted by molar-refractivity contribution is 7.14. The summed E-state index contributed by atoms with van der Waals surface area (Å²) in [5.41, 5.74) is 10.5. The first-order chi connectivity index (χ1) is 12.5. The number of nitrogens with zero attached hydrogens (tertiary/aromatic N) is 2. The van der Waals surface area contributed by atoms with Crippen LogP contribution in [0.3, 0.4) is 0 Å². The summed E-state index contributed by atoms with van der Waals surface area (Å²) in [7, 11) is 0. The quantitative estimate of drug-likeness (QED) is 0.717. The number of phenols is 1. The number of benzene rings is 2. The van der Waals surface area contributed by atoms with Gasteiger partial charge in [-0.25, -0.2) is 4.98 Å². The zero-order valence-electron chi connectivity index (χ0n) is 14.9. The molecule has 0 radical (unpaired) electrons. The van der Waals surface area contributed by atoms with Crippen LogP contribution in [0, 0.1) is 0 Å². The lowest BCUT2D eigenvalue weighted by Gasteiger charge is -2.36. The van der Waals surface area contributed by atoms with Crippen molar-refractivity contribution in [3.8, 4) is 28.1 Å². The summed E-state index contributed by atoms with van der Waals surface area (Å²) in [6, 6.07) is 15.7. The summed E-state index contributed by atoms with van der Waals surface area (Å²) in [4.78, 5) is 7.18. The molecule has 0 bridgehead atoms. The Hall–Kier alpha value is -2.37. The van der Waals surface area contributed by atoms with E-state index in [1.807, 2.05) is 12.1 Å². The fourth-order valence-electron chi connectivity index (χ4n) is 3.24. The van der Waals surface area contributed by atoms with Crippen LogP contribution in [-0.4, -0.2) is 28.7 Å². The molecule has 3 N–H and O–H groups in total. The second kappa shape index (κ2) is 6.74. The third kappa shape index (κ3) is 3.59. The first-order valence-corrected chi connectivity index (χ1v) is 9.77. The highest BCUT2D eigenvalue weighted by Gasteiger charge is 2.27. The van der Waals surface area contributed by atoms with Gasteiger partial charge in [-0.2, -0.15) is 0 Å². The second-order valence-corrected chi connectivity index (χ2v) is 8.12. The van der Waals surface area contributed by atoms with E-state index in [4.69, 9.17) is 10.7 Å². The van der Waals surface area contributed by atoms with E-state index in [0.717, 1.165) is 53.4 Å². The van der Waals surface area contributed by atoms with Gasteiger partial charge in [-0.15, -0.1) is 11.3 Å². The van der Waals surface area contributed by atoms with E-state index in [0.29, 0.717) is 0 Å². The number of nitrogens with two attached hydrogens (primary N) is 1. The van der Waals surface area contributed by atoms with Gasteiger partial charge >= 0.3 is 0 Å². The van der Waals surface area contributed by atoms with Gasteiger partial charge in [0.1, 0.15) is 5.75 Å². The molecule has 1 aliphatic rings. The van der Waals surface area contributed by atoms with Gasteiger partial charge in [0.15, 0.2) is 5.13 Å². The van der Waals surface area contributed by atoms with Gasteiger partial charge in [-0.05, 0) is 43.0 Å². The number of hydrogen-bond acceptors (Lipinski definition) is 5. The fraction of sp³-hybridized carbons (Fsp3) is 0.286. The van der Waals surface area contributed by atoms with Crippen LogP contribution in [0.25, 0.3) is 22.4 Å². The van der Waals surface area contributed by atoms with Crippen LogP contribution < -0.4 is 10.6 Å². The Balaban J connectivity index is 1.50. The van der Waals surface area contributed by atoms with Crippen molar-refractivity contribution in [2.45, 2.75) is 25.3 Å². The Morgan fingerprint density at radius 3 is 2.12 bits per heavy atom. The molecule has 1 aliphatic heterocycles. The first kappa shape index (κ1) is 17.1. The summed E-state index contributed by atoms with van der Waals surface area (Å²) in [5.74, 6) is 0.285. The minimum Gasteiger partial charge on any atom is -0.508 e. The lowest BCUT2D eigenvalue weighted by atomic mass is 9.91. The van der Waals surface area contributed by atoms with E-state index in [-0.39, 0.29) is 11.3 Å². The second-order valence-electron chi connectivity index (χ2n) is 7.28. The molecule has 134 valence electrons. The number of aromatic hydroxyl groups is 1. The Bertz CT molecular complexity index is 874. The molecule has 0 atom stereocenters. The predicted octanol–water partition coefficient (Wildman–Crippen LogP) is 4.50. The zero-order valence-corrected chi connectivity index (χ0v) is 15.7. The molecule has 1 saturated heterocycles. The number of thiazole rings is 1. The predicted molar refractivity (Wildman–Crippen MR) is 109 cm³/mol. The SMILES string of the molecule is CC1(N)CCN(c2nc(-c3ccc(-c4ccc(O)cc4)cc3)cs2)CC1. The standard InChI is InChI=1S/C21H23N3OS/c1-21(22)10-12-24(13-11-21)20-23-19(14-26-20)17-4-2-15(3-5-17)16-6-8-18(25)9-7-16/h2-9,14,25H,10-13,22H2,1H3. The van der Waals surface area contributed by atoms with Crippen molar-refractivity contribution in [1.82, 2.24) is 4.98 Å². The Kier molecular flexibility index (Phi) is 4.42. The largest absolute Gasteiger partial charge is 0.508 e.